The number of rotatable bonds is 5. The van der Waals surface area contributed by atoms with Crippen LogP contribution in [0.15, 0.2) is 53.4 Å². The Morgan fingerprint density at radius 1 is 1.15 bits per heavy atom. The van der Waals surface area contributed by atoms with Crippen molar-refractivity contribution in [1.29, 1.82) is 0 Å². The van der Waals surface area contributed by atoms with Gasteiger partial charge >= 0.3 is 5.97 Å². The van der Waals surface area contributed by atoms with Crippen LogP contribution in [0.4, 0.5) is 0 Å². The van der Waals surface area contributed by atoms with Crippen molar-refractivity contribution in [1.82, 2.24) is 0 Å². The number of thioether (sulfide) groups is 1. The molecule has 1 N–H and O–H groups in total. The molecule has 0 unspecified atom stereocenters. The number of ether oxygens (including phenoxy) is 1. The number of para-hydroxylation sites is 1. The van der Waals surface area contributed by atoms with Crippen LogP contribution in [0.5, 0.6) is 5.75 Å². The van der Waals surface area contributed by atoms with Crippen LogP contribution in [0.25, 0.3) is 0 Å². The van der Waals surface area contributed by atoms with E-state index in [1.807, 2.05) is 30.3 Å². The predicted molar refractivity (Wildman–Crippen MR) is 76.1 cm³/mol. The number of carbonyl (C=O) groups excluding carboxylic acids is 2. The predicted octanol–water partition coefficient (Wildman–Crippen LogP) is 3.11. The highest BCUT2D eigenvalue weighted by atomic mass is 32.2. The quantitative estimate of drug-likeness (QED) is 0.396. The highest BCUT2D eigenvalue weighted by Gasteiger charge is 2.15. The fraction of sp³-hybridized carbons (Fsp3) is 0.0667. The van der Waals surface area contributed by atoms with E-state index in [9.17, 15) is 14.7 Å². The maximum atomic E-state index is 11.8. The van der Waals surface area contributed by atoms with Gasteiger partial charge in [-0.2, -0.15) is 0 Å². The van der Waals surface area contributed by atoms with Crippen molar-refractivity contribution < 1.29 is 19.4 Å². The first-order chi connectivity index (χ1) is 9.72. The Hall–Kier alpha value is -2.27. The number of hydrogen-bond donors (Lipinski definition) is 1. The largest absolute Gasteiger partial charge is 0.506 e. The molecule has 0 aliphatic rings. The van der Waals surface area contributed by atoms with Crippen LogP contribution in [-0.4, -0.2) is 23.3 Å². The number of phenols is 1. The molecule has 0 aliphatic carbocycles. The molecule has 0 aliphatic heterocycles. The van der Waals surface area contributed by atoms with E-state index >= 15 is 0 Å². The lowest BCUT2D eigenvalue weighted by atomic mass is 10.1. The number of phenolic OH excluding ortho intramolecular Hbond substituents is 1. The lowest BCUT2D eigenvalue weighted by Gasteiger charge is -2.07. The summed E-state index contributed by atoms with van der Waals surface area (Å²) in [6.45, 7) is 0. The van der Waals surface area contributed by atoms with Crippen molar-refractivity contribution in [3.63, 3.8) is 0 Å². The van der Waals surface area contributed by atoms with E-state index in [4.69, 9.17) is 4.74 Å². The number of benzene rings is 2. The molecule has 5 heteroatoms. The monoisotopic (exact) mass is 288 g/mol. The smallest absolute Gasteiger partial charge is 0.342 e. The van der Waals surface area contributed by atoms with Crippen LogP contribution in [0.1, 0.15) is 20.7 Å². The third-order valence-electron chi connectivity index (χ3n) is 2.57. The van der Waals surface area contributed by atoms with E-state index in [0.717, 1.165) is 4.90 Å². The van der Waals surface area contributed by atoms with Crippen LogP contribution < -0.4 is 0 Å². The van der Waals surface area contributed by atoms with E-state index in [2.05, 4.69) is 0 Å². The molecule has 0 saturated carbocycles. The van der Waals surface area contributed by atoms with Crippen LogP contribution in [-0.2, 0) is 4.74 Å². The molecule has 0 saturated heterocycles. The second-order valence-corrected chi connectivity index (χ2v) is 4.86. The first-order valence-corrected chi connectivity index (χ1v) is 6.83. The Morgan fingerprint density at radius 2 is 1.90 bits per heavy atom. The van der Waals surface area contributed by atoms with E-state index in [-0.39, 0.29) is 22.8 Å². The maximum Gasteiger partial charge on any atom is 0.342 e. The number of esters is 1. The van der Waals surface area contributed by atoms with Crippen LogP contribution in [0.2, 0.25) is 0 Å². The Labute approximate surface area is 120 Å². The zero-order valence-corrected chi connectivity index (χ0v) is 11.3. The van der Waals surface area contributed by atoms with Crippen molar-refractivity contribution in [2.45, 2.75) is 4.90 Å². The van der Waals surface area contributed by atoms with Gasteiger partial charge in [-0.15, -0.1) is 0 Å². The van der Waals surface area contributed by atoms with Crippen LogP contribution in [0.3, 0.4) is 0 Å². The third kappa shape index (κ3) is 3.39. The summed E-state index contributed by atoms with van der Waals surface area (Å²) in [4.78, 5) is 23.5. The van der Waals surface area contributed by atoms with E-state index < -0.39 is 5.97 Å². The highest BCUT2D eigenvalue weighted by molar-refractivity contribution is 7.99. The van der Waals surface area contributed by atoms with Gasteiger partial charge in [-0.1, -0.05) is 36.0 Å². The maximum absolute atomic E-state index is 11.8. The van der Waals surface area contributed by atoms with Crippen molar-refractivity contribution in [2.75, 3.05) is 5.94 Å². The number of aldehydes is 1. The van der Waals surface area contributed by atoms with Gasteiger partial charge in [-0.05, 0) is 24.3 Å². The van der Waals surface area contributed by atoms with Gasteiger partial charge in [0.2, 0.25) is 0 Å². The van der Waals surface area contributed by atoms with Crippen molar-refractivity contribution in [2.24, 2.45) is 0 Å². The van der Waals surface area contributed by atoms with E-state index in [1.54, 1.807) is 0 Å². The number of aromatic hydroxyl groups is 1. The summed E-state index contributed by atoms with van der Waals surface area (Å²) in [5.41, 5.74) is 0.0541. The Bertz CT molecular complexity index is 611. The van der Waals surface area contributed by atoms with Gasteiger partial charge in [-0.3, -0.25) is 4.79 Å². The molecule has 0 radical (unpaired) electrons. The summed E-state index contributed by atoms with van der Waals surface area (Å²) in [5.74, 6) is -0.875. The van der Waals surface area contributed by atoms with Gasteiger partial charge in [0.1, 0.15) is 17.3 Å². The molecule has 2 aromatic carbocycles. The molecule has 0 atom stereocenters. The van der Waals surface area contributed by atoms with Gasteiger partial charge < -0.3 is 9.84 Å². The number of hydrogen-bond acceptors (Lipinski definition) is 5. The molecule has 20 heavy (non-hydrogen) atoms. The fourth-order valence-electron chi connectivity index (χ4n) is 1.57. The van der Waals surface area contributed by atoms with Gasteiger partial charge in [0.05, 0.1) is 5.56 Å². The molecule has 0 spiro atoms. The molecular weight excluding hydrogens is 276 g/mol. The molecule has 2 rings (SSSR count). The average Bonchev–Trinajstić information content (AvgIpc) is 2.48. The first kappa shape index (κ1) is 14.1. The molecule has 0 aromatic heterocycles. The number of carbonyl (C=O) groups is 2. The molecular formula is C15H12O4S. The van der Waals surface area contributed by atoms with Crippen LogP contribution in [0, 0.1) is 0 Å². The fourth-order valence-corrected chi connectivity index (χ4v) is 2.22. The molecule has 0 fully saturated rings. The van der Waals surface area contributed by atoms with Crippen molar-refractivity contribution in [3.05, 3.63) is 59.7 Å². The molecule has 0 bridgehead atoms. The molecule has 0 amide bonds. The summed E-state index contributed by atoms with van der Waals surface area (Å²) in [5, 5.41) is 9.74. The minimum absolute atomic E-state index is 0.0109. The lowest BCUT2D eigenvalue weighted by Crippen LogP contribution is -2.05. The van der Waals surface area contributed by atoms with Crippen molar-refractivity contribution >= 4 is 24.0 Å². The minimum Gasteiger partial charge on any atom is -0.506 e. The van der Waals surface area contributed by atoms with Gasteiger partial charge in [0, 0.05) is 4.90 Å². The van der Waals surface area contributed by atoms with Gasteiger partial charge in [0.25, 0.3) is 0 Å². The third-order valence-corrected chi connectivity index (χ3v) is 3.41. The molecule has 0 heterocycles. The Balaban J connectivity index is 1.97. The van der Waals surface area contributed by atoms with Gasteiger partial charge in [0.15, 0.2) is 6.29 Å². The second-order valence-electron chi connectivity index (χ2n) is 3.87. The minimum atomic E-state index is -0.658. The summed E-state index contributed by atoms with van der Waals surface area (Å²) in [6, 6.07) is 13.9. The zero-order chi connectivity index (χ0) is 14.4. The summed E-state index contributed by atoms with van der Waals surface area (Å²) >= 11 is 1.36. The SMILES string of the molecule is O=Cc1cccc(C(=O)OCSc2ccccc2)c1O. The first-order valence-electron chi connectivity index (χ1n) is 5.84. The lowest BCUT2D eigenvalue weighted by molar-refractivity contribution is 0.0576. The summed E-state index contributed by atoms with van der Waals surface area (Å²) < 4.78 is 5.06. The highest BCUT2D eigenvalue weighted by Crippen LogP contribution is 2.23. The Morgan fingerprint density at radius 3 is 2.60 bits per heavy atom. The molecule has 2 aromatic rings. The van der Waals surface area contributed by atoms with Crippen LogP contribution >= 0.6 is 11.8 Å². The summed E-state index contributed by atoms with van der Waals surface area (Å²) in [6.07, 6.45) is 0.491. The normalized spacial score (nSPS) is 10.0. The topological polar surface area (TPSA) is 63.6 Å². The van der Waals surface area contributed by atoms with Gasteiger partial charge in [-0.25, -0.2) is 4.79 Å². The molecule has 102 valence electrons. The zero-order valence-electron chi connectivity index (χ0n) is 10.5. The van der Waals surface area contributed by atoms with E-state index in [1.165, 1.54) is 30.0 Å². The summed E-state index contributed by atoms with van der Waals surface area (Å²) in [7, 11) is 0. The standard InChI is InChI=1S/C15H12O4S/c16-9-11-5-4-8-13(14(11)17)15(18)19-10-20-12-6-2-1-3-7-12/h1-9,17H,10H2. The van der Waals surface area contributed by atoms with E-state index in [0.29, 0.717) is 6.29 Å². The Kier molecular flexibility index (Phi) is 4.79. The molecule has 4 nitrogen and oxygen atoms in total. The average molecular weight is 288 g/mol. The van der Waals surface area contributed by atoms with Crippen molar-refractivity contribution in [3.8, 4) is 5.75 Å². The second kappa shape index (κ2) is 6.77.